The molecule has 2 rings (SSSR count). The fraction of sp³-hybridized carbons (Fsp3) is 0.500. The lowest BCUT2D eigenvalue weighted by Gasteiger charge is -2.19. The first-order valence-electron chi connectivity index (χ1n) is 5.80. The molecule has 0 amide bonds. The van der Waals surface area contributed by atoms with Gasteiger partial charge in [0.15, 0.2) is 5.82 Å². The lowest BCUT2D eigenvalue weighted by molar-refractivity contribution is 0.0962. The molecule has 98 valence electrons. The average Bonchev–Trinajstić information content (AvgIpc) is 2.94. The van der Waals surface area contributed by atoms with E-state index in [-0.39, 0.29) is 0 Å². The van der Waals surface area contributed by atoms with Crippen molar-refractivity contribution < 1.29 is 9.26 Å². The van der Waals surface area contributed by atoms with Crippen molar-refractivity contribution in [2.45, 2.75) is 26.3 Å². The molecular weight excluding hydrogens is 250 g/mol. The Morgan fingerprint density at radius 3 is 2.89 bits per heavy atom. The molecule has 0 saturated carbocycles. The lowest BCUT2D eigenvalue weighted by Crippen LogP contribution is -2.39. The molecule has 2 aromatic rings. The largest absolute Gasteiger partial charge is 0.379 e. The molecular formula is C12H17N3O2S. The zero-order chi connectivity index (χ0) is 13.2. The summed E-state index contributed by atoms with van der Waals surface area (Å²) in [5.41, 5.74) is 5.38. The number of nitrogens with zero attached hydrogens (tertiary/aromatic N) is 2. The van der Waals surface area contributed by atoms with Gasteiger partial charge in [0.25, 0.3) is 5.89 Å². The molecule has 0 spiro atoms. The third-order valence-corrected chi connectivity index (χ3v) is 3.48. The molecule has 0 bridgehead atoms. The molecule has 0 aliphatic carbocycles. The second kappa shape index (κ2) is 5.17. The first-order valence-corrected chi connectivity index (χ1v) is 6.62. The fourth-order valence-electron chi connectivity index (χ4n) is 1.48. The second-order valence-electron chi connectivity index (χ2n) is 4.39. The number of thiophene rings is 1. The van der Waals surface area contributed by atoms with E-state index in [0.29, 0.717) is 24.9 Å². The zero-order valence-corrected chi connectivity index (χ0v) is 11.6. The number of hydrogen-bond acceptors (Lipinski definition) is 6. The molecule has 0 aliphatic rings. The quantitative estimate of drug-likeness (QED) is 0.899. The van der Waals surface area contributed by atoms with E-state index in [9.17, 15) is 0 Å². The monoisotopic (exact) mass is 267 g/mol. The van der Waals surface area contributed by atoms with E-state index in [1.807, 2.05) is 32.9 Å². The zero-order valence-electron chi connectivity index (χ0n) is 10.8. The van der Waals surface area contributed by atoms with Crippen LogP contribution in [0.4, 0.5) is 0 Å². The van der Waals surface area contributed by atoms with Crippen molar-refractivity contribution in [3.63, 3.8) is 0 Å². The van der Waals surface area contributed by atoms with E-state index < -0.39 is 5.54 Å². The van der Waals surface area contributed by atoms with Crippen molar-refractivity contribution in [2.24, 2.45) is 5.73 Å². The van der Waals surface area contributed by atoms with Crippen LogP contribution in [0.5, 0.6) is 0 Å². The highest BCUT2D eigenvalue weighted by atomic mass is 32.1. The highest BCUT2D eigenvalue weighted by Crippen LogP contribution is 2.27. The highest BCUT2D eigenvalue weighted by molar-refractivity contribution is 7.15. The molecule has 2 heterocycles. The Bertz CT molecular complexity index is 519. The van der Waals surface area contributed by atoms with Gasteiger partial charge in [-0.3, -0.25) is 0 Å². The van der Waals surface area contributed by atoms with Crippen LogP contribution in [0, 0.1) is 6.92 Å². The molecule has 0 aromatic carbocycles. The molecule has 18 heavy (non-hydrogen) atoms. The molecule has 2 N–H and O–H groups in total. The molecule has 0 fully saturated rings. The molecule has 1 atom stereocenters. The first-order chi connectivity index (χ1) is 8.53. The Kier molecular flexibility index (Phi) is 3.79. The summed E-state index contributed by atoms with van der Waals surface area (Å²) >= 11 is 1.61. The predicted octanol–water partition coefficient (Wildman–Crippen LogP) is 2.32. The maximum absolute atomic E-state index is 6.11. The summed E-state index contributed by atoms with van der Waals surface area (Å²) < 4.78 is 10.6. The van der Waals surface area contributed by atoms with E-state index >= 15 is 0 Å². The normalized spacial score (nSPS) is 14.7. The molecule has 2 aromatic heterocycles. The summed E-state index contributed by atoms with van der Waals surface area (Å²) in [6.07, 6.45) is 0. The van der Waals surface area contributed by atoms with Crippen LogP contribution in [0.1, 0.15) is 24.5 Å². The molecule has 6 heteroatoms. The predicted molar refractivity (Wildman–Crippen MR) is 70.4 cm³/mol. The number of nitrogens with two attached hydrogens (primary N) is 1. The van der Waals surface area contributed by atoms with Crippen molar-refractivity contribution >= 4 is 11.3 Å². The van der Waals surface area contributed by atoms with Gasteiger partial charge in [-0.05, 0) is 32.9 Å². The van der Waals surface area contributed by atoms with E-state index in [0.717, 1.165) is 4.88 Å². The molecule has 1 unspecified atom stereocenters. The Morgan fingerprint density at radius 1 is 1.50 bits per heavy atom. The highest BCUT2D eigenvalue weighted by Gasteiger charge is 2.28. The smallest absolute Gasteiger partial charge is 0.268 e. The van der Waals surface area contributed by atoms with E-state index in [4.69, 9.17) is 15.0 Å². The average molecular weight is 267 g/mol. The van der Waals surface area contributed by atoms with Crippen LogP contribution in [0.2, 0.25) is 0 Å². The van der Waals surface area contributed by atoms with Crippen molar-refractivity contribution in [3.05, 3.63) is 22.8 Å². The number of aryl methyl sites for hydroxylation is 1. The van der Waals surface area contributed by atoms with Crippen molar-refractivity contribution in [3.8, 4) is 10.8 Å². The van der Waals surface area contributed by atoms with Gasteiger partial charge in [-0.15, -0.1) is 11.3 Å². The van der Waals surface area contributed by atoms with Crippen LogP contribution in [-0.2, 0) is 10.3 Å². The fourth-order valence-corrected chi connectivity index (χ4v) is 2.27. The van der Waals surface area contributed by atoms with Gasteiger partial charge in [0.2, 0.25) is 0 Å². The summed E-state index contributed by atoms with van der Waals surface area (Å²) in [7, 11) is 0. The van der Waals surface area contributed by atoms with Gasteiger partial charge in [0, 0.05) is 11.5 Å². The molecule has 0 aliphatic heterocycles. The van der Waals surface area contributed by atoms with Gasteiger partial charge in [0.1, 0.15) is 5.54 Å². The van der Waals surface area contributed by atoms with E-state index in [1.165, 1.54) is 4.88 Å². The van der Waals surface area contributed by atoms with E-state index in [2.05, 4.69) is 10.1 Å². The minimum atomic E-state index is -0.732. The third-order valence-electron chi connectivity index (χ3n) is 2.49. The van der Waals surface area contributed by atoms with Gasteiger partial charge < -0.3 is 15.0 Å². The summed E-state index contributed by atoms with van der Waals surface area (Å²) in [5, 5.41) is 3.94. The maximum Gasteiger partial charge on any atom is 0.268 e. The first kappa shape index (κ1) is 13.2. The lowest BCUT2D eigenvalue weighted by atomic mass is 10.1. The van der Waals surface area contributed by atoms with Crippen LogP contribution in [0.25, 0.3) is 10.8 Å². The summed E-state index contributed by atoms with van der Waals surface area (Å²) in [5.74, 6) is 0.980. The van der Waals surface area contributed by atoms with Gasteiger partial charge in [-0.1, -0.05) is 5.16 Å². The number of aromatic nitrogens is 2. The van der Waals surface area contributed by atoms with Crippen LogP contribution in [-0.4, -0.2) is 23.4 Å². The minimum Gasteiger partial charge on any atom is -0.379 e. The number of ether oxygens (including phenoxy) is 1. The summed E-state index contributed by atoms with van der Waals surface area (Å²) in [6, 6.07) is 3.99. The van der Waals surface area contributed by atoms with Crippen molar-refractivity contribution in [1.29, 1.82) is 0 Å². The molecule has 0 radical (unpaired) electrons. The standard InChI is InChI=1S/C12H17N3O2S/c1-4-16-7-12(3,13)11-14-10(17-15-11)9-6-5-8(2)18-9/h5-6H,4,7,13H2,1-3H3. The topological polar surface area (TPSA) is 74.2 Å². The van der Waals surface area contributed by atoms with Gasteiger partial charge >= 0.3 is 0 Å². The number of rotatable bonds is 5. The molecule has 5 nitrogen and oxygen atoms in total. The SMILES string of the molecule is CCOCC(C)(N)c1noc(-c2ccc(C)s2)n1. The van der Waals surface area contributed by atoms with Crippen molar-refractivity contribution in [1.82, 2.24) is 10.1 Å². The van der Waals surface area contributed by atoms with Crippen LogP contribution in [0.3, 0.4) is 0 Å². The Morgan fingerprint density at radius 2 is 2.28 bits per heavy atom. The van der Waals surface area contributed by atoms with Gasteiger partial charge in [-0.2, -0.15) is 4.98 Å². The van der Waals surface area contributed by atoms with Crippen molar-refractivity contribution in [2.75, 3.05) is 13.2 Å². The van der Waals surface area contributed by atoms with Crippen LogP contribution < -0.4 is 5.73 Å². The Labute approximate surface area is 110 Å². The van der Waals surface area contributed by atoms with Crippen LogP contribution >= 0.6 is 11.3 Å². The van der Waals surface area contributed by atoms with E-state index in [1.54, 1.807) is 11.3 Å². The summed E-state index contributed by atoms with van der Waals surface area (Å²) in [4.78, 5) is 6.51. The summed E-state index contributed by atoms with van der Waals surface area (Å²) in [6.45, 7) is 6.77. The second-order valence-corrected chi connectivity index (χ2v) is 5.68. The Hall–Kier alpha value is -1.24. The third kappa shape index (κ3) is 2.77. The Balaban J connectivity index is 2.19. The van der Waals surface area contributed by atoms with Crippen LogP contribution in [0.15, 0.2) is 16.7 Å². The number of hydrogen-bond donors (Lipinski definition) is 1. The molecule has 0 saturated heterocycles. The van der Waals surface area contributed by atoms with Gasteiger partial charge in [0.05, 0.1) is 11.5 Å². The minimum absolute atomic E-state index is 0.367. The van der Waals surface area contributed by atoms with Gasteiger partial charge in [-0.25, -0.2) is 0 Å². The maximum atomic E-state index is 6.11.